The van der Waals surface area contributed by atoms with Crippen LogP contribution in [0.4, 0.5) is 11.6 Å². The second-order valence-corrected chi connectivity index (χ2v) is 5.21. The lowest BCUT2D eigenvalue weighted by Gasteiger charge is -2.42. The van der Waals surface area contributed by atoms with Gasteiger partial charge in [-0.15, -0.1) is 0 Å². The SMILES string of the molecule is CCCNc1cncc(N2CCOCC2(C)C)n1. The Morgan fingerprint density at radius 1 is 1.44 bits per heavy atom. The summed E-state index contributed by atoms with van der Waals surface area (Å²) in [5.41, 5.74) is -0.0314. The van der Waals surface area contributed by atoms with E-state index in [0.29, 0.717) is 0 Å². The van der Waals surface area contributed by atoms with E-state index in [2.05, 4.69) is 41.0 Å². The van der Waals surface area contributed by atoms with E-state index < -0.39 is 0 Å². The van der Waals surface area contributed by atoms with Crippen molar-refractivity contribution in [3.8, 4) is 0 Å². The van der Waals surface area contributed by atoms with Crippen LogP contribution >= 0.6 is 0 Å². The first-order valence-electron chi connectivity index (χ1n) is 6.55. The number of morpholine rings is 1. The summed E-state index contributed by atoms with van der Waals surface area (Å²) < 4.78 is 5.53. The molecule has 100 valence electrons. The molecule has 5 nitrogen and oxygen atoms in total. The predicted octanol–water partition coefficient (Wildman–Crippen LogP) is 1.91. The number of anilines is 2. The van der Waals surface area contributed by atoms with E-state index in [1.54, 1.807) is 6.20 Å². The summed E-state index contributed by atoms with van der Waals surface area (Å²) in [5.74, 6) is 1.76. The molecule has 0 aromatic carbocycles. The smallest absolute Gasteiger partial charge is 0.150 e. The van der Waals surface area contributed by atoms with Crippen LogP contribution in [-0.2, 0) is 4.74 Å². The number of aromatic nitrogens is 2. The van der Waals surface area contributed by atoms with Crippen LogP contribution < -0.4 is 10.2 Å². The maximum absolute atomic E-state index is 5.53. The minimum Gasteiger partial charge on any atom is -0.377 e. The van der Waals surface area contributed by atoms with E-state index in [-0.39, 0.29) is 5.54 Å². The number of hydrogen-bond donors (Lipinski definition) is 1. The molecule has 0 atom stereocenters. The summed E-state index contributed by atoms with van der Waals surface area (Å²) in [5, 5.41) is 3.27. The highest BCUT2D eigenvalue weighted by atomic mass is 16.5. The molecule has 0 radical (unpaired) electrons. The van der Waals surface area contributed by atoms with Crippen molar-refractivity contribution < 1.29 is 4.74 Å². The van der Waals surface area contributed by atoms with Crippen molar-refractivity contribution in [1.82, 2.24) is 9.97 Å². The second kappa shape index (κ2) is 5.52. The zero-order valence-corrected chi connectivity index (χ0v) is 11.4. The Morgan fingerprint density at radius 3 is 3.00 bits per heavy atom. The second-order valence-electron chi connectivity index (χ2n) is 5.21. The maximum Gasteiger partial charge on any atom is 0.150 e. The van der Waals surface area contributed by atoms with Gasteiger partial charge in [0.15, 0.2) is 0 Å². The van der Waals surface area contributed by atoms with Gasteiger partial charge in [0.2, 0.25) is 0 Å². The van der Waals surface area contributed by atoms with Crippen molar-refractivity contribution in [3.05, 3.63) is 12.4 Å². The summed E-state index contributed by atoms with van der Waals surface area (Å²) in [6, 6.07) is 0. The van der Waals surface area contributed by atoms with E-state index in [4.69, 9.17) is 4.74 Å². The van der Waals surface area contributed by atoms with Crippen molar-refractivity contribution in [1.29, 1.82) is 0 Å². The van der Waals surface area contributed by atoms with Crippen LogP contribution in [0.5, 0.6) is 0 Å². The molecule has 0 spiro atoms. The van der Waals surface area contributed by atoms with E-state index in [0.717, 1.165) is 44.4 Å². The summed E-state index contributed by atoms with van der Waals surface area (Å²) >= 11 is 0. The molecule has 0 bridgehead atoms. The molecule has 0 unspecified atom stereocenters. The van der Waals surface area contributed by atoms with Gasteiger partial charge in [0.05, 0.1) is 31.1 Å². The monoisotopic (exact) mass is 250 g/mol. The number of nitrogens with one attached hydrogen (secondary N) is 1. The summed E-state index contributed by atoms with van der Waals surface area (Å²) in [6.45, 7) is 9.72. The van der Waals surface area contributed by atoms with Gasteiger partial charge in [-0.2, -0.15) is 0 Å². The fraction of sp³-hybridized carbons (Fsp3) is 0.692. The fourth-order valence-corrected chi connectivity index (χ4v) is 2.11. The van der Waals surface area contributed by atoms with Crippen molar-refractivity contribution >= 4 is 11.6 Å². The zero-order chi connectivity index (χ0) is 13.0. The molecule has 0 amide bonds. The molecule has 0 saturated carbocycles. The van der Waals surface area contributed by atoms with Gasteiger partial charge >= 0.3 is 0 Å². The van der Waals surface area contributed by atoms with Crippen LogP contribution in [0.15, 0.2) is 12.4 Å². The highest BCUT2D eigenvalue weighted by Crippen LogP contribution is 2.25. The van der Waals surface area contributed by atoms with Gasteiger partial charge in [-0.3, -0.25) is 4.98 Å². The number of nitrogens with zero attached hydrogens (tertiary/aromatic N) is 3. The standard InChI is InChI=1S/C13H22N4O/c1-4-5-15-11-8-14-9-12(16-11)17-6-7-18-10-13(17,2)3/h8-9H,4-7,10H2,1-3H3,(H,15,16). The third kappa shape index (κ3) is 2.90. The first-order chi connectivity index (χ1) is 8.63. The Morgan fingerprint density at radius 2 is 2.28 bits per heavy atom. The predicted molar refractivity (Wildman–Crippen MR) is 73.1 cm³/mol. The molecule has 2 rings (SSSR count). The van der Waals surface area contributed by atoms with Crippen LogP contribution in [0.3, 0.4) is 0 Å². The lowest BCUT2D eigenvalue weighted by Crippen LogP contribution is -2.53. The van der Waals surface area contributed by atoms with Crippen LogP contribution in [0.25, 0.3) is 0 Å². The zero-order valence-electron chi connectivity index (χ0n) is 11.4. The van der Waals surface area contributed by atoms with Crippen LogP contribution in [0.2, 0.25) is 0 Å². The molecule has 1 aromatic rings. The Labute approximate surface area is 109 Å². The van der Waals surface area contributed by atoms with Crippen molar-refractivity contribution in [2.75, 3.05) is 36.5 Å². The van der Waals surface area contributed by atoms with Gasteiger partial charge < -0.3 is 15.0 Å². The molecule has 2 heterocycles. The summed E-state index contributed by atoms with van der Waals surface area (Å²) in [7, 11) is 0. The Bertz CT molecular complexity index is 394. The minimum atomic E-state index is -0.0314. The molecule has 1 fully saturated rings. The number of hydrogen-bond acceptors (Lipinski definition) is 5. The van der Waals surface area contributed by atoms with Crippen LogP contribution in [-0.4, -0.2) is 41.8 Å². The quantitative estimate of drug-likeness (QED) is 0.884. The molecule has 1 saturated heterocycles. The first kappa shape index (κ1) is 13.1. The van der Waals surface area contributed by atoms with Crippen LogP contribution in [0, 0.1) is 0 Å². The van der Waals surface area contributed by atoms with Crippen LogP contribution in [0.1, 0.15) is 27.2 Å². The third-order valence-corrected chi connectivity index (χ3v) is 3.10. The summed E-state index contributed by atoms with van der Waals surface area (Å²) in [4.78, 5) is 11.2. The largest absolute Gasteiger partial charge is 0.377 e. The number of rotatable bonds is 4. The van der Waals surface area contributed by atoms with Gasteiger partial charge in [-0.25, -0.2) is 4.98 Å². The average Bonchev–Trinajstić information content (AvgIpc) is 2.36. The maximum atomic E-state index is 5.53. The Hall–Kier alpha value is -1.36. The third-order valence-electron chi connectivity index (χ3n) is 3.10. The molecule has 5 heteroatoms. The van der Waals surface area contributed by atoms with E-state index in [1.165, 1.54) is 0 Å². The summed E-state index contributed by atoms with van der Waals surface area (Å²) in [6.07, 6.45) is 4.67. The lowest BCUT2D eigenvalue weighted by molar-refractivity contribution is 0.0639. The average molecular weight is 250 g/mol. The molecule has 18 heavy (non-hydrogen) atoms. The normalized spacial score (nSPS) is 18.7. The van der Waals surface area contributed by atoms with E-state index in [9.17, 15) is 0 Å². The molecule has 1 N–H and O–H groups in total. The van der Waals surface area contributed by atoms with E-state index in [1.807, 2.05) is 6.20 Å². The van der Waals surface area contributed by atoms with Crippen molar-refractivity contribution in [2.45, 2.75) is 32.7 Å². The van der Waals surface area contributed by atoms with Gasteiger partial charge in [0.1, 0.15) is 11.6 Å². The fourth-order valence-electron chi connectivity index (χ4n) is 2.11. The lowest BCUT2D eigenvalue weighted by atomic mass is 10.0. The van der Waals surface area contributed by atoms with Gasteiger partial charge in [0, 0.05) is 13.1 Å². The van der Waals surface area contributed by atoms with E-state index >= 15 is 0 Å². The van der Waals surface area contributed by atoms with Gasteiger partial charge in [-0.05, 0) is 20.3 Å². The van der Waals surface area contributed by atoms with Gasteiger partial charge in [0.25, 0.3) is 0 Å². The van der Waals surface area contributed by atoms with Crippen molar-refractivity contribution in [3.63, 3.8) is 0 Å². The Kier molecular flexibility index (Phi) is 4.01. The Balaban J connectivity index is 2.16. The molecular formula is C13H22N4O. The minimum absolute atomic E-state index is 0.0314. The van der Waals surface area contributed by atoms with Crippen molar-refractivity contribution in [2.24, 2.45) is 0 Å². The molecule has 0 aliphatic carbocycles. The highest BCUT2D eigenvalue weighted by molar-refractivity contribution is 5.46. The number of ether oxygens (including phenoxy) is 1. The molecule has 1 aromatic heterocycles. The van der Waals surface area contributed by atoms with Gasteiger partial charge in [-0.1, -0.05) is 6.92 Å². The first-order valence-corrected chi connectivity index (χ1v) is 6.55. The molecule has 1 aliphatic heterocycles. The topological polar surface area (TPSA) is 50.3 Å². The highest BCUT2D eigenvalue weighted by Gasteiger charge is 2.31. The molecular weight excluding hydrogens is 228 g/mol. The molecule has 1 aliphatic rings.